The predicted molar refractivity (Wildman–Crippen MR) is 88.7 cm³/mol. The van der Waals surface area contributed by atoms with Crippen LogP contribution < -0.4 is 5.32 Å². The van der Waals surface area contributed by atoms with Crippen LogP contribution in [0.25, 0.3) is 0 Å². The maximum Gasteiger partial charge on any atom is 0.159 e. The van der Waals surface area contributed by atoms with Crippen molar-refractivity contribution in [2.24, 2.45) is 0 Å². The summed E-state index contributed by atoms with van der Waals surface area (Å²) in [5.41, 5.74) is 1.89. The lowest BCUT2D eigenvalue weighted by Gasteiger charge is -2.19. The Morgan fingerprint density at radius 2 is 1.90 bits per heavy atom. The van der Waals surface area contributed by atoms with Crippen LogP contribution in [0.2, 0.25) is 0 Å². The van der Waals surface area contributed by atoms with Crippen molar-refractivity contribution in [3.63, 3.8) is 0 Å². The van der Waals surface area contributed by atoms with Crippen LogP contribution in [-0.2, 0) is 6.42 Å². The molecular weight excluding hydrogens is 439 g/mol. The molecule has 2 aromatic carbocycles. The summed E-state index contributed by atoms with van der Waals surface area (Å²) in [4.78, 5) is 0. The van der Waals surface area contributed by atoms with Gasteiger partial charge in [0.05, 0.1) is 0 Å². The molecule has 0 saturated heterocycles. The molecule has 0 spiro atoms. The van der Waals surface area contributed by atoms with Crippen molar-refractivity contribution < 1.29 is 8.78 Å². The summed E-state index contributed by atoms with van der Waals surface area (Å²) in [5.74, 6) is -1.62. The summed E-state index contributed by atoms with van der Waals surface area (Å²) in [6.07, 6.45) is 0.597. The first kappa shape index (κ1) is 15.9. The normalized spacial score (nSPS) is 12.4. The van der Waals surface area contributed by atoms with E-state index in [9.17, 15) is 8.78 Å². The van der Waals surface area contributed by atoms with Crippen LogP contribution in [-0.4, -0.2) is 7.05 Å². The van der Waals surface area contributed by atoms with Gasteiger partial charge in [0.1, 0.15) is 0 Å². The van der Waals surface area contributed by atoms with Crippen LogP contribution in [0.3, 0.4) is 0 Å². The Balaban J connectivity index is 2.28. The molecule has 0 bridgehead atoms. The number of hydrogen-bond acceptors (Lipinski definition) is 1. The number of halogens is 4. The topological polar surface area (TPSA) is 12.0 Å². The molecule has 2 rings (SSSR count). The first-order valence-electron chi connectivity index (χ1n) is 6.07. The molecule has 1 nitrogen and oxygen atoms in total. The lowest BCUT2D eigenvalue weighted by molar-refractivity contribution is 0.504. The maximum absolute atomic E-state index is 13.3. The highest BCUT2D eigenvalue weighted by atomic mass is 127. The van der Waals surface area contributed by atoms with Crippen molar-refractivity contribution >= 4 is 38.5 Å². The van der Waals surface area contributed by atoms with Crippen LogP contribution in [0.1, 0.15) is 17.2 Å². The highest BCUT2D eigenvalue weighted by Crippen LogP contribution is 2.27. The van der Waals surface area contributed by atoms with Gasteiger partial charge < -0.3 is 5.32 Å². The Morgan fingerprint density at radius 3 is 2.55 bits per heavy atom. The van der Waals surface area contributed by atoms with E-state index in [4.69, 9.17) is 0 Å². The average molecular weight is 452 g/mol. The van der Waals surface area contributed by atoms with Crippen LogP contribution in [0.5, 0.6) is 0 Å². The Morgan fingerprint density at radius 1 is 1.15 bits per heavy atom. The third-order valence-electron chi connectivity index (χ3n) is 3.11. The van der Waals surface area contributed by atoms with E-state index in [0.29, 0.717) is 6.42 Å². The molecule has 2 aromatic rings. The highest BCUT2D eigenvalue weighted by molar-refractivity contribution is 14.1. The van der Waals surface area contributed by atoms with Crippen molar-refractivity contribution in [1.82, 2.24) is 5.32 Å². The van der Waals surface area contributed by atoms with Crippen LogP contribution in [0, 0.1) is 15.2 Å². The quantitative estimate of drug-likeness (QED) is 0.656. The van der Waals surface area contributed by atoms with Gasteiger partial charge in [-0.05, 0) is 77.5 Å². The molecule has 1 unspecified atom stereocenters. The van der Waals surface area contributed by atoms with Crippen LogP contribution in [0.4, 0.5) is 8.78 Å². The van der Waals surface area contributed by atoms with Crippen molar-refractivity contribution in [1.29, 1.82) is 0 Å². The summed E-state index contributed by atoms with van der Waals surface area (Å²) >= 11 is 5.74. The summed E-state index contributed by atoms with van der Waals surface area (Å²) in [6, 6.07) is 10.1. The fraction of sp³-hybridized carbons (Fsp3) is 0.200. The minimum atomic E-state index is -0.813. The van der Waals surface area contributed by atoms with Gasteiger partial charge in [0.25, 0.3) is 0 Å². The van der Waals surface area contributed by atoms with Gasteiger partial charge in [-0.3, -0.25) is 0 Å². The second-order valence-corrected chi connectivity index (χ2v) is 6.54. The van der Waals surface area contributed by atoms with E-state index in [0.717, 1.165) is 19.2 Å². The molecule has 0 fully saturated rings. The number of nitrogens with one attached hydrogen (secondary N) is 1. The molecule has 5 heteroatoms. The molecule has 0 aromatic heterocycles. The van der Waals surface area contributed by atoms with E-state index in [1.807, 2.05) is 25.2 Å². The molecule has 0 aliphatic rings. The second kappa shape index (κ2) is 6.95. The number of likely N-dealkylation sites (N-methyl/N-ethyl adjacent to an activating group) is 1. The largest absolute Gasteiger partial charge is 0.313 e. The number of benzene rings is 2. The molecule has 0 aliphatic carbocycles. The Bertz CT molecular complexity index is 619. The Labute approximate surface area is 139 Å². The third kappa shape index (κ3) is 3.77. The molecule has 106 valence electrons. The monoisotopic (exact) mass is 451 g/mol. The zero-order chi connectivity index (χ0) is 14.7. The van der Waals surface area contributed by atoms with E-state index in [2.05, 4.69) is 43.8 Å². The smallest absolute Gasteiger partial charge is 0.159 e. The van der Waals surface area contributed by atoms with Gasteiger partial charge in [-0.2, -0.15) is 0 Å². The van der Waals surface area contributed by atoms with Gasteiger partial charge in [-0.1, -0.05) is 22.0 Å². The number of hydrogen-bond donors (Lipinski definition) is 1. The summed E-state index contributed by atoms with van der Waals surface area (Å²) < 4.78 is 28.4. The third-order valence-corrected chi connectivity index (χ3v) is 4.58. The lowest BCUT2D eigenvalue weighted by Crippen LogP contribution is -2.20. The van der Waals surface area contributed by atoms with Crippen LogP contribution >= 0.6 is 38.5 Å². The molecule has 20 heavy (non-hydrogen) atoms. The summed E-state index contributed by atoms with van der Waals surface area (Å²) in [6.45, 7) is 0. The molecule has 0 amide bonds. The van der Waals surface area contributed by atoms with Crippen LogP contribution in [0.15, 0.2) is 40.9 Å². The van der Waals surface area contributed by atoms with E-state index in [1.54, 1.807) is 6.07 Å². The van der Waals surface area contributed by atoms with Crippen molar-refractivity contribution in [3.8, 4) is 0 Å². The SMILES string of the molecule is CNC(Cc1ccc(F)c(F)c1)c1cc(Br)ccc1I. The summed E-state index contributed by atoms with van der Waals surface area (Å²) in [5, 5.41) is 3.23. The van der Waals surface area contributed by atoms with Crippen molar-refractivity contribution in [2.45, 2.75) is 12.5 Å². The number of rotatable bonds is 4. The zero-order valence-electron chi connectivity index (χ0n) is 10.8. The summed E-state index contributed by atoms with van der Waals surface area (Å²) in [7, 11) is 1.86. The second-order valence-electron chi connectivity index (χ2n) is 4.46. The minimum Gasteiger partial charge on any atom is -0.313 e. The molecule has 1 N–H and O–H groups in total. The molecule has 1 atom stereocenters. The van der Waals surface area contributed by atoms with E-state index in [-0.39, 0.29) is 6.04 Å². The first-order chi connectivity index (χ1) is 9.51. The van der Waals surface area contributed by atoms with Crippen molar-refractivity contribution in [2.75, 3.05) is 7.05 Å². The molecular formula is C15H13BrF2IN. The highest BCUT2D eigenvalue weighted by Gasteiger charge is 2.15. The first-order valence-corrected chi connectivity index (χ1v) is 7.94. The molecule has 0 aliphatic heterocycles. The maximum atomic E-state index is 13.3. The van der Waals surface area contributed by atoms with E-state index >= 15 is 0 Å². The lowest BCUT2D eigenvalue weighted by atomic mass is 9.99. The fourth-order valence-corrected chi connectivity index (χ4v) is 3.14. The van der Waals surface area contributed by atoms with Crippen molar-refractivity contribution in [3.05, 3.63) is 67.2 Å². The average Bonchev–Trinajstić information content (AvgIpc) is 2.43. The van der Waals surface area contributed by atoms with Gasteiger partial charge in [0, 0.05) is 14.1 Å². The molecule has 0 saturated carbocycles. The van der Waals surface area contributed by atoms with E-state index in [1.165, 1.54) is 12.1 Å². The standard InChI is InChI=1S/C15H13BrF2IN/c1-20-15(11-8-10(16)3-5-14(11)19)7-9-2-4-12(17)13(18)6-9/h2-6,8,15,20H,7H2,1H3. The minimum absolute atomic E-state index is 0.0456. The zero-order valence-corrected chi connectivity index (χ0v) is 14.5. The molecule has 0 heterocycles. The van der Waals surface area contributed by atoms with Gasteiger partial charge in [0.2, 0.25) is 0 Å². The van der Waals surface area contributed by atoms with Gasteiger partial charge in [-0.15, -0.1) is 0 Å². The van der Waals surface area contributed by atoms with Gasteiger partial charge in [0.15, 0.2) is 11.6 Å². The predicted octanol–water partition coefficient (Wildman–Crippen LogP) is 4.84. The Hall–Kier alpha value is -0.530. The van der Waals surface area contributed by atoms with E-state index < -0.39 is 11.6 Å². The molecule has 0 radical (unpaired) electrons. The van der Waals surface area contributed by atoms with Gasteiger partial charge in [-0.25, -0.2) is 8.78 Å². The fourth-order valence-electron chi connectivity index (χ4n) is 2.05. The van der Waals surface area contributed by atoms with Gasteiger partial charge >= 0.3 is 0 Å². The Kier molecular flexibility index (Phi) is 5.51.